The zero-order valence-electron chi connectivity index (χ0n) is 14.4. The summed E-state index contributed by atoms with van der Waals surface area (Å²) in [6.07, 6.45) is 4.73. The third-order valence-corrected chi connectivity index (χ3v) is 6.71. The number of rotatable bonds is 3. The van der Waals surface area contributed by atoms with E-state index in [1.807, 2.05) is 13.8 Å². The van der Waals surface area contributed by atoms with Crippen LogP contribution in [-0.4, -0.2) is 22.8 Å². The van der Waals surface area contributed by atoms with Crippen molar-refractivity contribution < 1.29 is 15.0 Å². The molecule has 2 N–H and O–H groups in total. The summed E-state index contributed by atoms with van der Waals surface area (Å²) in [6.45, 7) is 6.42. The van der Waals surface area contributed by atoms with E-state index in [0.29, 0.717) is 0 Å². The van der Waals surface area contributed by atoms with Crippen LogP contribution in [0.3, 0.4) is 0 Å². The first kappa shape index (κ1) is 16.5. The molecule has 1 fully saturated rings. The molecule has 126 valence electrons. The average molecular weight is 316 g/mol. The lowest BCUT2D eigenvalue weighted by molar-refractivity contribution is -0.157. The van der Waals surface area contributed by atoms with E-state index in [-0.39, 0.29) is 23.9 Å². The molecule has 1 aromatic carbocycles. The lowest BCUT2D eigenvalue weighted by Gasteiger charge is -2.53. The monoisotopic (exact) mass is 316 g/mol. The highest BCUT2D eigenvalue weighted by Crippen LogP contribution is 2.57. The summed E-state index contributed by atoms with van der Waals surface area (Å²) in [7, 11) is 0. The fourth-order valence-corrected chi connectivity index (χ4v) is 5.18. The first-order valence-corrected chi connectivity index (χ1v) is 8.80. The van der Waals surface area contributed by atoms with Crippen LogP contribution < -0.4 is 0 Å². The Morgan fingerprint density at radius 2 is 2.09 bits per heavy atom. The molecule has 0 bridgehead atoms. The van der Waals surface area contributed by atoms with Crippen molar-refractivity contribution in [3.63, 3.8) is 0 Å². The van der Waals surface area contributed by atoms with E-state index in [2.05, 4.69) is 25.1 Å². The molecular weight excluding hydrogens is 288 g/mol. The Bertz CT molecular complexity index is 623. The number of hydrogen-bond donors (Lipinski definition) is 2. The molecule has 1 unspecified atom stereocenters. The van der Waals surface area contributed by atoms with Crippen molar-refractivity contribution in [2.75, 3.05) is 6.61 Å². The predicted octanol–water partition coefficient (Wildman–Crippen LogP) is 3.88. The fourth-order valence-electron chi connectivity index (χ4n) is 5.18. The van der Waals surface area contributed by atoms with Gasteiger partial charge in [0, 0.05) is 12.5 Å². The molecule has 3 heteroatoms. The van der Waals surface area contributed by atoms with Gasteiger partial charge >= 0.3 is 5.97 Å². The first-order valence-electron chi connectivity index (χ1n) is 8.80. The second-order valence-electron chi connectivity index (χ2n) is 8.09. The van der Waals surface area contributed by atoms with Crippen molar-refractivity contribution >= 4 is 5.97 Å². The molecule has 0 heterocycles. The Labute approximate surface area is 138 Å². The van der Waals surface area contributed by atoms with Crippen molar-refractivity contribution in [2.24, 2.45) is 11.3 Å². The molecule has 3 nitrogen and oxygen atoms in total. The fraction of sp³-hybridized carbons (Fsp3) is 0.650. The molecule has 0 amide bonds. The van der Waals surface area contributed by atoms with Crippen LogP contribution in [0.4, 0.5) is 0 Å². The average Bonchev–Trinajstić information content (AvgIpc) is 2.53. The van der Waals surface area contributed by atoms with Crippen LogP contribution in [0.15, 0.2) is 18.2 Å². The van der Waals surface area contributed by atoms with Crippen molar-refractivity contribution in [2.45, 2.75) is 64.2 Å². The van der Waals surface area contributed by atoms with Gasteiger partial charge in [-0.15, -0.1) is 0 Å². The van der Waals surface area contributed by atoms with Gasteiger partial charge in [-0.25, -0.2) is 0 Å². The van der Waals surface area contributed by atoms with Gasteiger partial charge in [0.1, 0.15) is 0 Å². The van der Waals surface area contributed by atoms with Crippen molar-refractivity contribution in [3.8, 4) is 0 Å². The highest BCUT2D eigenvalue weighted by molar-refractivity contribution is 5.75. The number of carboxylic acids is 1. The lowest BCUT2D eigenvalue weighted by atomic mass is 9.50. The summed E-state index contributed by atoms with van der Waals surface area (Å²) in [5.41, 5.74) is 3.23. The molecule has 23 heavy (non-hydrogen) atoms. The van der Waals surface area contributed by atoms with Crippen LogP contribution in [0.1, 0.15) is 69.1 Å². The molecule has 0 aliphatic heterocycles. The molecule has 1 saturated carbocycles. The van der Waals surface area contributed by atoms with Gasteiger partial charge in [0.2, 0.25) is 0 Å². The maximum atomic E-state index is 11.9. The number of carboxylic acid groups (broad SMARTS) is 1. The topological polar surface area (TPSA) is 57.5 Å². The zero-order valence-corrected chi connectivity index (χ0v) is 14.4. The Morgan fingerprint density at radius 1 is 1.35 bits per heavy atom. The Kier molecular flexibility index (Phi) is 4.04. The molecule has 0 saturated heterocycles. The van der Waals surface area contributed by atoms with E-state index in [4.69, 9.17) is 0 Å². The number of aryl methyl sites for hydroxylation is 1. The molecule has 1 aromatic rings. The van der Waals surface area contributed by atoms with Crippen LogP contribution in [0, 0.1) is 11.3 Å². The summed E-state index contributed by atoms with van der Waals surface area (Å²) in [4.78, 5) is 11.9. The molecule has 4 atom stereocenters. The Balaban J connectivity index is 2.04. The second kappa shape index (κ2) is 5.62. The van der Waals surface area contributed by atoms with Crippen molar-refractivity contribution in [3.05, 3.63) is 34.9 Å². The maximum Gasteiger partial charge on any atom is 0.309 e. The van der Waals surface area contributed by atoms with E-state index in [1.165, 1.54) is 16.7 Å². The SMILES string of the molecule is CC(CO)c1ccc2c(c1)CC[C@H]1[C@](C)(C(=O)O)CCC[C@]21C. The predicted molar refractivity (Wildman–Crippen MR) is 90.7 cm³/mol. The first-order chi connectivity index (χ1) is 10.8. The maximum absolute atomic E-state index is 11.9. The van der Waals surface area contributed by atoms with Gasteiger partial charge in [-0.3, -0.25) is 4.79 Å². The molecule has 0 spiro atoms. The number of carbonyl (C=O) groups is 1. The highest BCUT2D eigenvalue weighted by Gasteiger charge is 2.55. The largest absolute Gasteiger partial charge is 0.481 e. The number of hydrogen-bond acceptors (Lipinski definition) is 2. The van der Waals surface area contributed by atoms with Crippen LogP contribution >= 0.6 is 0 Å². The minimum atomic E-state index is -0.637. The molecule has 0 aromatic heterocycles. The standard InChI is InChI=1S/C20H28O3/c1-13(12-21)14-5-7-16-15(11-14)6-8-17-19(16,2)9-4-10-20(17,3)18(22)23/h5,7,11,13,17,21H,4,6,8-10,12H2,1-3H3,(H,22,23)/t13?,17-,19-,20-/m1/s1. The summed E-state index contributed by atoms with van der Waals surface area (Å²) >= 11 is 0. The quantitative estimate of drug-likeness (QED) is 0.890. The smallest absolute Gasteiger partial charge is 0.309 e. The number of fused-ring (bicyclic) bond motifs is 3. The molecule has 2 aliphatic carbocycles. The summed E-state index contributed by atoms with van der Waals surface area (Å²) in [6, 6.07) is 6.57. The van der Waals surface area contributed by atoms with E-state index in [1.54, 1.807) is 0 Å². The zero-order chi connectivity index (χ0) is 16.8. The summed E-state index contributed by atoms with van der Waals surface area (Å²) in [5, 5.41) is 19.2. The third-order valence-electron chi connectivity index (χ3n) is 6.71. The van der Waals surface area contributed by atoms with Crippen LogP contribution in [-0.2, 0) is 16.6 Å². The van der Waals surface area contributed by atoms with E-state index in [9.17, 15) is 15.0 Å². The number of benzene rings is 1. The van der Waals surface area contributed by atoms with E-state index < -0.39 is 11.4 Å². The van der Waals surface area contributed by atoms with Crippen LogP contribution in [0.2, 0.25) is 0 Å². The van der Waals surface area contributed by atoms with Gasteiger partial charge < -0.3 is 10.2 Å². The highest BCUT2D eigenvalue weighted by atomic mass is 16.4. The lowest BCUT2D eigenvalue weighted by Crippen LogP contribution is -2.52. The van der Waals surface area contributed by atoms with Gasteiger partial charge in [-0.05, 0) is 60.6 Å². The molecule has 0 radical (unpaired) electrons. The minimum Gasteiger partial charge on any atom is -0.481 e. The van der Waals surface area contributed by atoms with Crippen LogP contribution in [0.5, 0.6) is 0 Å². The molecule has 3 rings (SSSR count). The number of aliphatic carboxylic acids is 1. The molecule has 2 aliphatic rings. The van der Waals surface area contributed by atoms with Crippen molar-refractivity contribution in [1.82, 2.24) is 0 Å². The number of aliphatic hydroxyl groups is 1. The van der Waals surface area contributed by atoms with Gasteiger partial charge in [-0.1, -0.05) is 38.5 Å². The Hall–Kier alpha value is -1.35. The van der Waals surface area contributed by atoms with Crippen LogP contribution in [0.25, 0.3) is 0 Å². The van der Waals surface area contributed by atoms with Gasteiger partial charge in [-0.2, -0.15) is 0 Å². The Morgan fingerprint density at radius 3 is 2.74 bits per heavy atom. The summed E-state index contributed by atoms with van der Waals surface area (Å²) in [5.74, 6) is -0.279. The van der Waals surface area contributed by atoms with Crippen molar-refractivity contribution in [1.29, 1.82) is 0 Å². The van der Waals surface area contributed by atoms with E-state index in [0.717, 1.165) is 32.1 Å². The molecular formula is C20H28O3. The minimum absolute atomic E-state index is 0.0417. The van der Waals surface area contributed by atoms with Gasteiger partial charge in [0.25, 0.3) is 0 Å². The third kappa shape index (κ3) is 2.40. The second-order valence-corrected chi connectivity index (χ2v) is 8.09. The normalized spacial score (nSPS) is 34.3. The van der Waals surface area contributed by atoms with E-state index >= 15 is 0 Å². The van der Waals surface area contributed by atoms with Gasteiger partial charge in [0.15, 0.2) is 0 Å². The van der Waals surface area contributed by atoms with Gasteiger partial charge in [0.05, 0.1) is 5.41 Å². The number of aliphatic hydroxyl groups excluding tert-OH is 1. The summed E-state index contributed by atoms with van der Waals surface area (Å²) < 4.78 is 0.